The number of allylic oxidation sites excluding steroid dienone is 2. The molecule has 0 fully saturated rings. The van der Waals surface area contributed by atoms with Crippen LogP contribution in [0.15, 0.2) is 53.7 Å². The number of carbonyl (C=O) groups excluding carboxylic acids is 1. The highest BCUT2D eigenvalue weighted by Gasteiger charge is 2.32. The van der Waals surface area contributed by atoms with Gasteiger partial charge in [0.05, 0.1) is 30.3 Å². The number of rotatable bonds is 6. The number of aromatic nitrogens is 2. The van der Waals surface area contributed by atoms with Gasteiger partial charge in [-0.3, -0.25) is 9.36 Å². The minimum Gasteiger partial charge on any atom is -0.490 e. The molecule has 0 radical (unpaired) electrons. The van der Waals surface area contributed by atoms with Crippen LogP contribution in [-0.4, -0.2) is 28.5 Å². The predicted molar refractivity (Wildman–Crippen MR) is 114 cm³/mol. The van der Waals surface area contributed by atoms with Crippen molar-refractivity contribution in [3.63, 3.8) is 0 Å². The summed E-state index contributed by atoms with van der Waals surface area (Å²) in [5, 5.41) is 3.31. The average Bonchev–Trinajstić information content (AvgIpc) is 3.06. The molecule has 6 heteroatoms. The second kappa shape index (κ2) is 7.62. The maximum atomic E-state index is 12.7. The molecule has 1 N–H and O–H groups in total. The van der Waals surface area contributed by atoms with Crippen molar-refractivity contribution in [3.05, 3.63) is 59.3 Å². The molecule has 6 nitrogen and oxygen atoms in total. The molecule has 150 valence electrons. The van der Waals surface area contributed by atoms with Gasteiger partial charge < -0.3 is 14.8 Å². The van der Waals surface area contributed by atoms with Crippen LogP contribution in [0.25, 0.3) is 11.0 Å². The summed E-state index contributed by atoms with van der Waals surface area (Å²) < 4.78 is 13.6. The van der Waals surface area contributed by atoms with E-state index in [1.165, 1.54) is 0 Å². The molecule has 1 aromatic heterocycles. The number of carbonyl (C=O) groups is 1. The first-order chi connectivity index (χ1) is 14.0. The van der Waals surface area contributed by atoms with Crippen LogP contribution < -0.4 is 14.8 Å². The van der Waals surface area contributed by atoms with Gasteiger partial charge in [0, 0.05) is 11.3 Å². The molecule has 2 heterocycles. The summed E-state index contributed by atoms with van der Waals surface area (Å²) >= 11 is 0. The van der Waals surface area contributed by atoms with Crippen LogP contribution in [0.3, 0.4) is 0 Å². The molecular formula is C23H25N3O3. The summed E-state index contributed by atoms with van der Waals surface area (Å²) in [5.74, 6) is 2.13. The van der Waals surface area contributed by atoms with Crippen molar-refractivity contribution in [2.24, 2.45) is 0 Å². The Morgan fingerprint density at radius 1 is 1.10 bits per heavy atom. The lowest BCUT2D eigenvalue weighted by Gasteiger charge is -2.30. The third-order valence-corrected chi connectivity index (χ3v) is 5.09. The number of ether oxygens (including phenoxy) is 2. The molecule has 0 saturated carbocycles. The lowest BCUT2D eigenvalue weighted by Crippen LogP contribution is -2.27. The molecule has 0 aliphatic carbocycles. The normalized spacial score (nSPS) is 15.8. The summed E-state index contributed by atoms with van der Waals surface area (Å²) in [4.78, 5) is 17.4. The lowest BCUT2D eigenvalue weighted by molar-refractivity contribution is -0.114. The molecule has 0 saturated heterocycles. The number of nitrogens with one attached hydrogen (secondary N) is 1. The molecule has 4 rings (SSSR count). The van der Waals surface area contributed by atoms with Crippen molar-refractivity contribution >= 4 is 22.8 Å². The van der Waals surface area contributed by atoms with Gasteiger partial charge >= 0.3 is 0 Å². The number of Topliss-reactive ketones (excluding diaryl/α,β-unsaturated/α-hetero) is 1. The first-order valence-corrected chi connectivity index (χ1v) is 9.90. The van der Waals surface area contributed by atoms with Gasteiger partial charge in [0.15, 0.2) is 17.3 Å². The number of ketones is 1. The van der Waals surface area contributed by atoms with E-state index in [-0.39, 0.29) is 11.8 Å². The molecule has 0 spiro atoms. The van der Waals surface area contributed by atoms with Crippen molar-refractivity contribution in [1.82, 2.24) is 9.55 Å². The molecule has 1 aliphatic heterocycles. The Morgan fingerprint density at radius 2 is 1.83 bits per heavy atom. The Bertz CT molecular complexity index is 1110. The minimum atomic E-state index is -0.300. The van der Waals surface area contributed by atoms with E-state index in [1.807, 2.05) is 63.2 Å². The molecule has 3 aromatic rings. The van der Waals surface area contributed by atoms with E-state index in [0.29, 0.717) is 30.3 Å². The van der Waals surface area contributed by atoms with E-state index in [9.17, 15) is 4.79 Å². The van der Waals surface area contributed by atoms with Crippen molar-refractivity contribution in [3.8, 4) is 11.5 Å². The van der Waals surface area contributed by atoms with Crippen LogP contribution in [0.1, 0.15) is 39.3 Å². The largest absolute Gasteiger partial charge is 0.490 e. The van der Waals surface area contributed by atoms with Crippen molar-refractivity contribution in [1.29, 1.82) is 0 Å². The van der Waals surface area contributed by atoms with Gasteiger partial charge in [-0.1, -0.05) is 18.2 Å². The van der Waals surface area contributed by atoms with Crippen LogP contribution in [0.2, 0.25) is 0 Å². The number of imidazole rings is 1. The first kappa shape index (κ1) is 19.1. The number of nitrogens with zero attached hydrogens (tertiary/aromatic N) is 2. The number of hydrogen-bond donors (Lipinski definition) is 1. The molecule has 0 bridgehead atoms. The van der Waals surface area contributed by atoms with E-state index in [2.05, 4.69) is 9.88 Å². The highest BCUT2D eigenvalue weighted by molar-refractivity contribution is 5.97. The second-order valence-corrected chi connectivity index (χ2v) is 6.99. The summed E-state index contributed by atoms with van der Waals surface area (Å²) in [6.07, 6.45) is 0. The number of fused-ring (bicyclic) bond motifs is 3. The highest BCUT2D eigenvalue weighted by Crippen LogP contribution is 2.41. The minimum absolute atomic E-state index is 0.0234. The van der Waals surface area contributed by atoms with Gasteiger partial charge in [-0.25, -0.2) is 4.98 Å². The molecular weight excluding hydrogens is 366 g/mol. The fourth-order valence-electron chi connectivity index (χ4n) is 3.97. The third kappa shape index (κ3) is 3.24. The van der Waals surface area contributed by atoms with E-state index in [1.54, 1.807) is 6.92 Å². The molecule has 29 heavy (non-hydrogen) atoms. The zero-order valence-corrected chi connectivity index (χ0v) is 17.2. The van der Waals surface area contributed by atoms with Crippen molar-refractivity contribution in [2.75, 3.05) is 18.5 Å². The van der Waals surface area contributed by atoms with E-state index in [4.69, 9.17) is 14.5 Å². The number of hydrogen-bond acceptors (Lipinski definition) is 5. The lowest BCUT2D eigenvalue weighted by atomic mass is 9.92. The van der Waals surface area contributed by atoms with Crippen LogP contribution in [-0.2, 0) is 4.79 Å². The van der Waals surface area contributed by atoms with E-state index < -0.39 is 0 Å². The van der Waals surface area contributed by atoms with Crippen LogP contribution >= 0.6 is 0 Å². The van der Waals surface area contributed by atoms with Crippen LogP contribution in [0.4, 0.5) is 5.95 Å². The monoisotopic (exact) mass is 391 g/mol. The molecule has 0 amide bonds. The maximum Gasteiger partial charge on any atom is 0.209 e. The first-order valence-electron chi connectivity index (χ1n) is 9.90. The maximum absolute atomic E-state index is 12.7. The average molecular weight is 391 g/mol. The molecule has 2 aromatic carbocycles. The summed E-state index contributed by atoms with van der Waals surface area (Å²) in [6.45, 7) is 8.50. The zero-order valence-electron chi connectivity index (χ0n) is 17.2. The fraction of sp³-hybridized carbons (Fsp3) is 0.304. The Labute approximate surface area is 170 Å². The Morgan fingerprint density at radius 3 is 2.55 bits per heavy atom. The van der Waals surface area contributed by atoms with Gasteiger partial charge in [-0.2, -0.15) is 0 Å². The fourth-order valence-corrected chi connectivity index (χ4v) is 3.97. The Hall–Kier alpha value is -3.28. The molecule has 1 atom stereocenters. The van der Waals surface area contributed by atoms with Gasteiger partial charge in [-0.15, -0.1) is 0 Å². The second-order valence-electron chi connectivity index (χ2n) is 6.99. The Kier molecular flexibility index (Phi) is 5.01. The predicted octanol–water partition coefficient (Wildman–Crippen LogP) is 4.71. The topological polar surface area (TPSA) is 65.4 Å². The zero-order chi connectivity index (χ0) is 20.5. The van der Waals surface area contributed by atoms with E-state index >= 15 is 0 Å². The summed E-state index contributed by atoms with van der Waals surface area (Å²) in [7, 11) is 0. The SMILES string of the molecule is CCOc1ccc([C@@H]2C(C(C)=O)=C(C)Nc3nc4ccccc4n32)cc1OCC. The van der Waals surface area contributed by atoms with Crippen LogP contribution in [0.5, 0.6) is 11.5 Å². The van der Waals surface area contributed by atoms with Gasteiger partial charge in [0.25, 0.3) is 0 Å². The summed E-state index contributed by atoms with van der Waals surface area (Å²) in [6, 6.07) is 13.5. The summed E-state index contributed by atoms with van der Waals surface area (Å²) in [5.41, 5.74) is 4.34. The van der Waals surface area contributed by atoms with Gasteiger partial charge in [-0.05, 0) is 57.5 Å². The highest BCUT2D eigenvalue weighted by atomic mass is 16.5. The third-order valence-electron chi connectivity index (χ3n) is 5.09. The van der Waals surface area contributed by atoms with Crippen molar-refractivity contribution in [2.45, 2.75) is 33.7 Å². The number of anilines is 1. The van der Waals surface area contributed by atoms with Gasteiger partial charge in [0.2, 0.25) is 5.95 Å². The Balaban J connectivity index is 1.95. The van der Waals surface area contributed by atoms with Crippen molar-refractivity contribution < 1.29 is 14.3 Å². The quantitative estimate of drug-likeness (QED) is 0.659. The van der Waals surface area contributed by atoms with E-state index in [0.717, 1.165) is 28.2 Å². The standard InChI is InChI=1S/C23H25N3O3/c1-5-28-19-12-11-16(13-20(19)29-6-2)22-21(15(4)27)14(3)24-23-25-17-9-7-8-10-18(17)26(22)23/h7-13,22H,5-6H2,1-4H3,(H,24,25)/t22-/m1/s1. The number of benzene rings is 2. The van der Waals surface area contributed by atoms with Gasteiger partial charge in [0.1, 0.15) is 0 Å². The number of para-hydroxylation sites is 2. The van der Waals surface area contributed by atoms with Crippen LogP contribution in [0, 0.1) is 0 Å². The molecule has 0 unspecified atom stereocenters. The smallest absolute Gasteiger partial charge is 0.209 e. The molecule has 1 aliphatic rings.